The van der Waals surface area contributed by atoms with E-state index < -0.39 is 18.2 Å². The van der Waals surface area contributed by atoms with E-state index in [1.54, 1.807) is 0 Å². The van der Waals surface area contributed by atoms with Gasteiger partial charge in [-0.1, -0.05) is 203 Å². The van der Waals surface area contributed by atoms with E-state index in [1.165, 1.54) is 77.0 Å². The number of allylic oxidation sites excluding steroid dienone is 12. The van der Waals surface area contributed by atoms with Gasteiger partial charge in [-0.25, -0.2) is 0 Å². The quantitative estimate of drug-likeness (QED) is 0.0246. The van der Waals surface area contributed by atoms with Gasteiger partial charge in [0, 0.05) is 6.42 Å². The zero-order valence-electron chi connectivity index (χ0n) is 38.6. The largest absolute Gasteiger partial charge is 0.462 e. The van der Waals surface area contributed by atoms with Crippen LogP contribution in [0.15, 0.2) is 72.9 Å². The molecule has 0 aromatic carbocycles. The molecule has 6 heteroatoms. The third-order valence-electron chi connectivity index (χ3n) is 10.8. The van der Waals surface area contributed by atoms with Gasteiger partial charge in [0.15, 0.2) is 0 Å². The average Bonchev–Trinajstić information content (AvgIpc) is 3.23. The van der Waals surface area contributed by atoms with Crippen LogP contribution in [-0.4, -0.2) is 46.9 Å². The topological polar surface area (TPSA) is 95.9 Å². The summed E-state index contributed by atoms with van der Waals surface area (Å²) in [5.74, 6) is -0.538. The summed E-state index contributed by atoms with van der Waals surface area (Å²) in [5.41, 5.74) is 0. The molecule has 340 valence electrons. The van der Waals surface area contributed by atoms with Gasteiger partial charge in [-0.05, 0) is 83.5 Å². The van der Waals surface area contributed by atoms with Crippen molar-refractivity contribution in [1.29, 1.82) is 0 Å². The van der Waals surface area contributed by atoms with Crippen molar-refractivity contribution in [3.05, 3.63) is 72.9 Å². The predicted molar refractivity (Wildman–Crippen MR) is 255 cm³/mol. The molecule has 6 nitrogen and oxygen atoms in total. The summed E-state index contributed by atoms with van der Waals surface area (Å²) >= 11 is 0. The second-order valence-corrected chi connectivity index (χ2v) is 16.5. The summed E-state index contributed by atoms with van der Waals surface area (Å²) in [6.07, 6.45) is 58.1. The lowest BCUT2D eigenvalue weighted by Crippen LogP contribution is -2.46. The molecule has 0 saturated carbocycles. The molecule has 0 aromatic heterocycles. The summed E-state index contributed by atoms with van der Waals surface area (Å²) in [7, 11) is 0. The van der Waals surface area contributed by atoms with Gasteiger partial charge in [0.2, 0.25) is 5.91 Å². The van der Waals surface area contributed by atoms with E-state index in [-0.39, 0.29) is 24.9 Å². The number of aliphatic hydroxyl groups excluding tert-OH is 2. The van der Waals surface area contributed by atoms with Crippen molar-refractivity contribution in [3.8, 4) is 0 Å². The Morgan fingerprint density at radius 3 is 1.54 bits per heavy atom. The lowest BCUT2D eigenvalue weighted by molar-refractivity contribution is -0.151. The number of nitrogens with one attached hydrogen (secondary N) is 1. The molecule has 3 N–H and O–H groups in total. The minimum Gasteiger partial charge on any atom is -0.462 e. The maximum atomic E-state index is 13.2. The van der Waals surface area contributed by atoms with Crippen molar-refractivity contribution in [2.24, 2.45) is 0 Å². The first-order valence-corrected chi connectivity index (χ1v) is 24.7. The van der Waals surface area contributed by atoms with E-state index in [1.807, 2.05) is 0 Å². The highest BCUT2D eigenvalue weighted by molar-refractivity contribution is 5.77. The highest BCUT2D eigenvalue weighted by Gasteiger charge is 2.24. The summed E-state index contributed by atoms with van der Waals surface area (Å²) < 4.78 is 5.90. The van der Waals surface area contributed by atoms with Gasteiger partial charge in [-0.15, -0.1) is 0 Å². The van der Waals surface area contributed by atoms with Crippen LogP contribution in [-0.2, 0) is 14.3 Å². The number of ether oxygens (including phenoxy) is 1. The zero-order chi connectivity index (χ0) is 43.1. The van der Waals surface area contributed by atoms with Crippen LogP contribution in [0.5, 0.6) is 0 Å². The van der Waals surface area contributed by atoms with Crippen LogP contribution in [0.2, 0.25) is 0 Å². The Balaban J connectivity index is 4.73. The Labute approximate surface area is 364 Å². The van der Waals surface area contributed by atoms with Gasteiger partial charge in [0.25, 0.3) is 0 Å². The summed E-state index contributed by atoms with van der Waals surface area (Å²) in [6, 6.07) is -0.719. The molecule has 0 aliphatic carbocycles. The highest BCUT2D eigenvalue weighted by atomic mass is 16.5. The lowest BCUT2D eigenvalue weighted by atomic mass is 10.0. The number of esters is 1. The molecule has 3 atom stereocenters. The molecule has 1 amide bonds. The molecule has 3 unspecified atom stereocenters. The second-order valence-electron chi connectivity index (χ2n) is 16.5. The van der Waals surface area contributed by atoms with Crippen LogP contribution < -0.4 is 5.32 Å². The Morgan fingerprint density at radius 2 is 0.983 bits per heavy atom. The number of amides is 1. The molecule has 0 fully saturated rings. The van der Waals surface area contributed by atoms with Crippen molar-refractivity contribution < 1.29 is 24.5 Å². The molecular formula is C53H93NO5. The number of rotatable bonds is 43. The number of hydrogen-bond donors (Lipinski definition) is 3. The normalized spacial score (nSPS) is 13.9. The first-order valence-electron chi connectivity index (χ1n) is 24.7. The van der Waals surface area contributed by atoms with E-state index in [9.17, 15) is 19.8 Å². The monoisotopic (exact) mass is 824 g/mol. The summed E-state index contributed by atoms with van der Waals surface area (Å²) in [5, 5.41) is 23.7. The molecule has 0 radical (unpaired) electrons. The van der Waals surface area contributed by atoms with Gasteiger partial charge >= 0.3 is 5.97 Å². The van der Waals surface area contributed by atoms with Crippen molar-refractivity contribution in [3.63, 3.8) is 0 Å². The zero-order valence-corrected chi connectivity index (χ0v) is 38.6. The lowest BCUT2D eigenvalue weighted by Gasteiger charge is -2.24. The van der Waals surface area contributed by atoms with Crippen molar-refractivity contribution in [1.82, 2.24) is 5.32 Å². The maximum absolute atomic E-state index is 13.2. The van der Waals surface area contributed by atoms with Crippen molar-refractivity contribution >= 4 is 11.9 Å². The third kappa shape index (κ3) is 41.8. The van der Waals surface area contributed by atoms with Gasteiger partial charge < -0.3 is 20.3 Å². The van der Waals surface area contributed by atoms with Crippen LogP contribution in [0, 0.1) is 0 Å². The van der Waals surface area contributed by atoms with Crippen LogP contribution in [0.3, 0.4) is 0 Å². The number of carbonyl (C=O) groups excluding carboxylic acids is 2. The maximum Gasteiger partial charge on any atom is 0.306 e. The van der Waals surface area contributed by atoms with Gasteiger partial charge in [-0.2, -0.15) is 0 Å². The van der Waals surface area contributed by atoms with Crippen LogP contribution in [0.4, 0.5) is 0 Å². The molecule has 0 heterocycles. The number of hydrogen-bond acceptors (Lipinski definition) is 5. The van der Waals surface area contributed by atoms with Gasteiger partial charge in [-0.3, -0.25) is 9.59 Å². The van der Waals surface area contributed by atoms with E-state index in [0.717, 1.165) is 103 Å². The molecule has 0 aliphatic rings. The fourth-order valence-electron chi connectivity index (χ4n) is 7.09. The van der Waals surface area contributed by atoms with E-state index in [4.69, 9.17) is 4.74 Å². The first-order chi connectivity index (χ1) is 29.0. The fraction of sp³-hybridized carbons (Fsp3) is 0.736. The number of unbranched alkanes of at least 4 members (excludes halogenated alkanes) is 21. The minimum absolute atomic E-state index is 0.0428. The summed E-state index contributed by atoms with van der Waals surface area (Å²) in [6.45, 7) is 6.32. The van der Waals surface area contributed by atoms with Crippen LogP contribution in [0.25, 0.3) is 0 Å². The second kappa shape index (κ2) is 46.4. The Hall–Kier alpha value is -2.70. The molecule has 0 spiro atoms. The van der Waals surface area contributed by atoms with E-state index in [2.05, 4.69) is 99.0 Å². The SMILES string of the molecule is CC/C=C/C/C=C/C/C=C/CCCCCCC(=O)OC(CCCCC/C=C/C=C/C=C/CCCCCCC)CC(=O)NC(CO)C(O)CCCCCCCCCCCC. The third-order valence-corrected chi connectivity index (χ3v) is 10.8. The number of aliphatic hydroxyl groups is 2. The van der Waals surface area contributed by atoms with Crippen LogP contribution in [0.1, 0.15) is 226 Å². The fourth-order valence-corrected chi connectivity index (χ4v) is 7.09. The number of carbonyl (C=O) groups is 2. The van der Waals surface area contributed by atoms with E-state index >= 15 is 0 Å². The highest BCUT2D eigenvalue weighted by Crippen LogP contribution is 2.17. The molecule has 0 rings (SSSR count). The standard InChI is InChI=1S/C53H93NO5/c1-4-7-10-13-16-19-22-24-26-27-28-30-32-35-38-41-44-49(59-53(58)46-43-40-37-34-31-29-25-23-20-17-14-11-8-5-2)47-52(57)54-50(48-55)51(56)45-42-39-36-33-21-18-15-12-9-6-3/h8,11,17,20,22,24-30,49-51,55-56H,4-7,9-10,12-16,18-19,21,23,31-48H2,1-3H3,(H,54,57)/b11-8+,20-17+,24-22+,27-26+,29-25+,30-28+. The van der Waals surface area contributed by atoms with Crippen molar-refractivity contribution in [2.75, 3.05) is 6.61 Å². The summed E-state index contributed by atoms with van der Waals surface area (Å²) in [4.78, 5) is 26.1. The Morgan fingerprint density at radius 1 is 0.525 bits per heavy atom. The van der Waals surface area contributed by atoms with E-state index in [0.29, 0.717) is 19.3 Å². The Bertz CT molecular complexity index is 1110. The van der Waals surface area contributed by atoms with Crippen LogP contribution >= 0.6 is 0 Å². The molecule has 0 aromatic rings. The predicted octanol–water partition coefficient (Wildman–Crippen LogP) is 14.6. The van der Waals surface area contributed by atoms with Gasteiger partial charge in [0.1, 0.15) is 6.10 Å². The first kappa shape index (κ1) is 56.3. The molecule has 0 saturated heterocycles. The Kier molecular flexibility index (Phi) is 44.2. The minimum atomic E-state index is -0.802. The molecule has 0 aliphatic heterocycles. The molecular weight excluding hydrogens is 731 g/mol. The smallest absolute Gasteiger partial charge is 0.306 e. The average molecular weight is 824 g/mol. The van der Waals surface area contributed by atoms with Crippen molar-refractivity contribution in [2.45, 2.75) is 244 Å². The molecule has 0 bridgehead atoms. The van der Waals surface area contributed by atoms with Gasteiger partial charge in [0.05, 0.1) is 25.2 Å². The molecule has 59 heavy (non-hydrogen) atoms.